The van der Waals surface area contributed by atoms with Crippen molar-refractivity contribution in [3.8, 4) is 11.6 Å². The minimum atomic E-state index is -0.162. The first-order valence-corrected chi connectivity index (χ1v) is 9.34. The zero-order chi connectivity index (χ0) is 19.4. The highest BCUT2D eigenvalue weighted by Crippen LogP contribution is 2.38. The van der Waals surface area contributed by atoms with Crippen molar-refractivity contribution in [1.29, 1.82) is 0 Å². The van der Waals surface area contributed by atoms with Gasteiger partial charge in [-0.2, -0.15) is 0 Å². The van der Waals surface area contributed by atoms with E-state index in [4.69, 9.17) is 4.74 Å². The summed E-state index contributed by atoms with van der Waals surface area (Å²) in [6, 6.07) is 9.31. The standard InChI is InChI=1S/C21H25N3O3/c1-4-15(3)23-19(25)8-6-12-24-17-13-14(2)9-10-18(17)27-20-16(21(24)26)7-5-11-22-20/h5,7,9-11,13,15H,4,6,8,12H2,1-3H3,(H,23,25)/t15-/m0/s1. The van der Waals surface area contributed by atoms with E-state index in [1.54, 1.807) is 23.2 Å². The summed E-state index contributed by atoms with van der Waals surface area (Å²) < 4.78 is 5.90. The first-order chi connectivity index (χ1) is 13.0. The van der Waals surface area contributed by atoms with E-state index in [1.807, 2.05) is 39.0 Å². The lowest BCUT2D eigenvalue weighted by Gasteiger charge is -2.22. The van der Waals surface area contributed by atoms with Gasteiger partial charge in [-0.05, 0) is 56.5 Å². The van der Waals surface area contributed by atoms with Crippen LogP contribution in [0.1, 0.15) is 49.0 Å². The molecule has 2 aromatic rings. The maximum absolute atomic E-state index is 13.1. The molecule has 3 rings (SSSR count). The van der Waals surface area contributed by atoms with Gasteiger partial charge in [0.1, 0.15) is 5.56 Å². The lowest BCUT2D eigenvalue weighted by molar-refractivity contribution is -0.121. The molecule has 1 aromatic heterocycles. The van der Waals surface area contributed by atoms with Crippen LogP contribution < -0.4 is 15.0 Å². The number of rotatable bonds is 6. The largest absolute Gasteiger partial charge is 0.436 e. The normalized spacial score (nSPS) is 13.9. The number of hydrogen-bond donors (Lipinski definition) is 1. The van der Waals surface area contributed by atoms with E-state index in [9.17, 15) is 9.59 Å². The minimum absolute atomic E-state index is 0.00871. The zero-order valence-corrected chi connectivity index (χ0v) is 16.0. The van der Waals surface area contributed by atoms with Crippen LogP contribution in [0.15, 0.2) is 36.5 Å². The van der Waals surface area contributed by atoms with Crippen LogP contribution in [0.25, 0.3) is 0 Å². The molecule has 0 unspecified atom stereocenters. The number of ether oxygens (including phenoxy) is 1. The molecule has 142 valence electrons. The van der Waals surface area contributed by atoms with Gasteiger partial charge in [-0.1, -0.05) is 13.0 Å². The predicted molar refractivity (Wildman–Crippen MR) is 104 cm³/mol. The first kappa shape index (κ1) is 18.9. The number of carbonyl (C=O) groups is 2. The van der Waals surface area contributed by atoms with Crippen molar-refractivity contribution in [2.45, 2.75) is 46.1 Å². The number of nitrogens with one attached hydrogen (secondary N) is 1. The Hall–Kier alpha value is -2.89. The van der Waals surface area contributed by atoms with E-state index >= 15 is 0 Å². The van der Waals surface area contributed by atoms with Crippen molar-refractivity contribution < 1.29 is 14.3 Å². The number of carbonyl (C=O) groups excluding carboxylic acids is 2. The average molecular weight is 367 g/mol. The molecule has 1 aliphatic rings. The molecule has 0 spiro atoms. The summed E-state index contributed by atoms with van der Waals surface area (Å²) in [5, 5.41) is 2.96. The van der Waals surface area contributed by atoms with E-state index in [-0.39, 0.29) is 17.9 Å². The second-order valence-corrected chi connectivity index (χ2v) is 6.87. The van der Waals surface area contributed by atoms with Crippen molar-refractivity contribution in [2.75, 3.05) is 11.4 Å². The van der Waals surface area contributed by atoms with Crippen molar-refractivity contribution in [3.05, 3.63) is 47.7 Å². The van der Waals surface area contributed by atoms with Crippen LogP contribution in [-0.2, 0) is 4.79 Å². The third kappa shape index (κ3) is 4.27. The van der Waals surface area contributed by atoms with E-state index in [1.165, 1.54) is 0 Å². The second-order valence-electron chi connectivity index (χ2n) is 6.87. The van der Waals surface area contributed by atoms with Crippen LogP contribution in [-0.4, -0.2) is 29.4 Å². The number of amides is 2. The van der Waals surface area contributed by atoms with Gasteiger partial charge in [0.2, 0.25) is 11.8 Å². The molecule has 6 nitrogen and oxygen atoms in total. The highest BCUT2D eigenvalue weighted by molar-refractivity contribution is 6.09. The van der Waals surface area contributed by atoms with Crippen LogP contribution in [0, 0.1) is 6.92 Å². The lowest BCUT2D eigenvalue weighted by atomic mass is 10.1. The molecular weight excluding hydrogens is 342 g/mol. The lowest BCUT2D eigenvalue weighted by Crippen LogP contribution is -2.34. The fourth-order valence-electron chi connectivity index (χ4n) is 2.99. The Labute approximate surface area is 159 Å². The maximum Gasteiger partial charge on any atom is 0.263 e. The molecule has 1 aliphatic heterocycles. The van der Waals surface area contributed by atoms with Gasteiger partial charge in [0.05, 0.1) is 5.69 Å². The smallest absolute Gasteiger partial charge is 0.263 e. The second kappa shape index (κ2) is 8.20. The molecule has 0 fully saturated rings. The Kier molecular flexibility index (Phi) is 5.74. The zero-order valence-electron chi connectivity index (χ0n) is 16.0. The number of anilines is 1. The van der Waals surface area contributed by atoms with Crippen molar-refractivity contribution in [2.24, 2.45) is 0 Å². The Bertz CT molecular complexity index is 850. The Balaban J connectivity index is 1.81. The summed E-state index contributed by atoms with van der Waals surface area (Å²) in [4.78, 5) is 31.1. The summed E-state index contributed by atoms with van der Waals surface area (Å²) in [6.07, 6.45) is 3.44. The van der Waals surface area contributed by atoms with E-state index < -0.39 is 0 Å². The molecule has 2 heterocycles. The fraction of sp³-hybridized carbons (Fsp3) is 0.381. The average Bonchev–Trinajstić information content (AvgIpc) is 2.77. The van der Waals surface area contributed by atoms with Gasteiger partial charge < -0.3 is 15.0 Å². The summed E-state index contributed by atoms with van der Waals surface area (Å²) in [6.45, 7) is 6.42. The monoisotopic (exact) mass is 367 g/mol. The predicted octanol–water partition coefficient (Wildman–Crippen LogP) is 3.84. The number of pyridine rings is 1. The number of nitrogens with zero attached hydrogens (tertiary/aromatic N) is 2. The van der Waals surface area contributed by atoms with Crippen molar-refractivity contribution in [1.82, 2.24) is 10.3 Å². The molecule has 0 saturated heterocycles. The third-order valence-corrected chi connectivity index (χ3v) is 4.66. The third-order valence-electron chi connectivity index (χ3n) is 4.66. The SMILES string of the molecule is CC[C@H](C)NC(=O)CCCN1C(=O)c2cccnc2Oc2ccc(C)cc21. The van der Waals surface area contributed by atoms with Crippen LogP contribution in [0.3, 0.4) is 0 Å². The van der Waals surface area contributed by atoms with Gasteiger partial charge in [0, 0.05) is 25.2 Å². The molecule has 6 heteroatoms. The highest BCUT2D eigenvalue weighted by atomic mass is 16.5. The topological polar surface area (TPSA) is 71.5 Å². The maximum atomic E-state index is 13.1. The van der Waals surface area contributed by atoms with Crippen molar-refractivity contribution in [3.63, 3.8) is 0 Å². The summed E-state index contributed by atoms with van der Waals surface area (Å²) in [7, 11) is 0. The number of aromatic nitrogens is 1. The molecule has 27 heavy (non-hydrogen) atoms. The fourth-order valence-corrected chi connectivity index (χ4v) is 2.99. The molecule has 1 atom stereocenters. The Morgan fingerprint density at radius 3 is 2.93 bits per heavy atom. The summed E-state index contributed by atoms with van der Waals surface area (Å²) >= 11 is 0. The van der Waals surface area contributed by atoms with Gasteiger partial charge >= 0.3 is 0 Å². The minimum Gasteiger partial charge on any atom is -0.436 e. The van der Waals surface area contributed by atoms with Crippen LogP contribution >= 0.6 is 0 Å². The quantitative estimate of drug-likeness (QED) is 0.842. The summed E-state index contributed by atoms with van der Waals surface area (Å²) in [5.74, 6) is 0.749. The van der Waals surface area contributed by atoms with Gasteiger partial charge in [0.25, 0.3) is 5.91 Å². The molecule has 1 N–H and O–H groups in total. The molecule has 1 aromatic carbocycles. The van der Waals surface area contributed by atoms with Crippen molar-refractivity contribution >= 4 is 17.5 Å². The van der Waals surface area contributed by atoms with Gasteiger partial charge in [-0.25, -0.2) is 4.98 Å². The molecular formula is C21H25N3O3. The molecule has 0 bridgehead atoms. The highest BCUT2D eigenvalue weighted by Gasteiger charge is 2.28. The molecule has 0 saturated carbocycles. The molecule has 0 radical (unpaired) electrons. The molecule has 2 amide bonds. The van der Waals surface area contributed by atoms with Crippen LogP contribution in [0.5, 0.6) is 11.6 Å². The van der Waals surface area contributed by atoms with Crippen LogP contribution in [0.2, 0.25) is 0 Å². The van der Waals surface area contributed by atoms with Gasteiger partial charge in [-0.3, -0.25) is 9.59 Å². The van der Waals surface area contributed by atoms with Gasteiger partial charge in [0.15, 0.2) is 5.75 Å². The molecule has 0 aliphatic carbocycles. The van der Waals surface area contributed by atoms with Gasteiger partial charge in [-0.15, -0.1) is 0 Å². The summed E-state index contributed by atoms with van der Waals surface area (Å²) in [5.41, 5.74) is 2.17. The van der Waals surface area contributed by atoms with E-state index in [0.717, 1.165) is 12.0 Å². The number of benzene rings is 1. The van der Waals surface area contributed by atoms with E-state index in [2.05, 4.69) is 10.3 Å². The number of aryl methyl sites for hydroxylation is 1. The Morgan fingerprint density at radius 1 is 1.33 bits per heavy atom. The van der Waals surface area contributed by atoms with Crippen LogP contribution in [0.4, 0.5) is 5.69 Å². The first-order valence-electron chi connectivity index (χ1n) is 9.34. The van der Waals surface area contributed by atoms with E-state index in [0.29, 0.717) is 42.3 Å². The Morgan fingerprint density at radius 2 is 2.15 bits per heavy atom. The number of fused-ring (bicyclic) bond motifs is 2. The number of hydrogen-bond acceptors (Lipinski definition) is 4.